The molecule has 1 saturated heterocycles. The van der Waals surface area contributed by atoms with Gasteiger partial charge in [0, 0.05) is 12.6 Å². The summed E-state index contributed by atoms with van der Waals surface area (Å²) in [5.74, 6) is 0.611. The summed E-state index contributed by atoms with van der Waals surface area (Å²) in [6.45, 7) is 5.34. The predicted molar refractivity (Wildman–Crippen MR) is 71.3 cm³/mol. The van der Waals surface area contributed by atoms with Crippen LogP contribution in [0.1, 0.15) is 19.8 Å². The van der Waals surface area contributed by atoms with Crippen molar-refractivity contribution < 1.29 is 0 Å². The lowest BCUT2D eigenvalue weighted by molar-refractivity contribution is 0.269. The fourth-order valence-electron chi connectivity index (χ4n) is 2.06. The number of rotatable bonds is 4. The van der Waals surface area contributed by atoms with Crippen LogP contribution >= 0.6 is 15.9 Å². The lowest BCUT2D eigenvalue weighted by atomic mass is 10.3. The number of nitrogens with zero attached hydrogens (tertiary/aromatic N) is 2. The Kier molecular flexibility index (Phi) is 4.17. The molecule has 1 aliphatic rings. The van der Waals surface area contributed by atoms with E-state index in [-0.39, 0.29) is 5.56 Å². The van der Waals surface area contributed by atoms with Gasteiger partial charge in [0.1, 0.15) is 10.3 Å². The smallest absolute Gasteiger partial charge is 0.267 e. The van der Waals surface area contributed by atoms with E-state index in [1.165, 1.54) is 32.3 Å². The monoisotopic (exact) mass is 300 g/mol. The van der Waals surface area contributed by atoms with E-state index in [1.54, 1.807) is 0 Å². The largest absolute Gasteiger partial charge is 0.367 e. The van der Waals surface area contributed by atoms with Crippen molar-refractivity contribution in [2.24, 2.45) is 0 Å². The molecular weight excluding hydrogens is 284 g/mol. The number of anilines is 1. The van der Waals surface area contributed by atoms with Crippen molar-refractivity contribution in [3.05, 3.63) is 21.2 Å². The predicted octanol–water partition coefficient (Wildman–Crippen LogP) is 1.43. The summed E-state index contributed by atoms with van der Waals surface area (Å²) in [5, 5.41) is 3.21. The summed E-state index contributed by atoms with van der Waals surface area (Å²) in [7, 11) is 0. The van der Waals surface area contributed by atoms with Crippen molar-refractivity contribution in [3.63, 3.8) is 0 Å². The second kappa shape index (κ2) is 5.64. The van der Waals surface area contributed by atoms with E-state index in [0.29, 0.717) is 16.3 Å². The van der Waals surface area contributed by atoms with E-state index in [0.717, 1.165) is 6.54 Å². The van der Waals surface area contributed by atoms with Crippen LogP contribution in [-0.4, -0.2) is 40.5 Å². The number of halogens is 1. The third kappa shape index (κ3) is 3.07. The third-order valence-corrected chi connectivity index (χ3v) is 3.86. The molecule has 0 radical (unpaired) electrons. The zero-order valence-electron chi connectivity index (χ0n) is 9.87. The Morgan fingerprint density at radius 1 is 1.59 bits per heavy atom. The SMILES string of the molecule is CC(CNc1nc[nH]c(=O)c1Br)N1CCCC1. The van der Waals surface area contributed by atoms with Crippen LogP contribution in [0.25, 0.3) is 0 Å². The second-order valence-electron chi connectivity index (χ2n) is 4.37. The topological polar surface area (TPSA) is 61.0 Å². The summed E-state index contributed by atoms with van der Waals surface area (Å²) in [6.07, 6.45) is 3.99. The van der Waals surface area contributed by atoms with Crippen LogP contribution in [0.15, 0.2) is 15.6 Å². The molecule has 0 saturated carbocycles. The van der Waals surface area contributed by atoms with E-state index < -0.39 is 0 Å². The molecule has 1 aromatic rings. The summed E-state index contributed by atoms with van der Waals surface area (Å²) in [5.41, 5.74) is -0.156. The van der Waals surface area contributed by atoms with Crippen LogP contribution < -0.4 is 10.9 Å². The van der Waals surface area contributed by atoms with Crippen LogP contribution in [0.3, 0.4) is 0 Å². The van der Waals surface area contributed by atoms with E-state index in [9.17, 15) is 4.79 Å². The fraction of sp³-hybridized carbons (Fsp3) is 0.636. The van der Waals surface area contributed by atoms with Crippen molar-refractivity contribution in [3.8, 4) is 0 Å². The highest BCUT2D eigenvalue weighted by atomic mass is 79.9. The fourth-order valence-corrected chi connectivity index (χ4v) is 2.42. The molecule has 6 heteroatoms. The lowest BCUT2D eigenvalue weighted by Crippen LogP contribution is -2.35. The first-order valence-electron chi connectivity index (χ1n) is 5.89. The third-order valence-electron chi connectivity index (χ3n) is 3.13. The molecule has 5 nitrogen and oxygen atoms in total. The first kappa shape index (κ1) is 12.6. The minimum atomic E-state index is -0.156. The molecule has 0 aliphatic carbocycles. The molecule has 1 unspecified atom stereocenters. The number of aromatic amines is 1. The van der Waals surface area contributed by atoms with Crippen LogP contribution in [0.4, 0.5) is 5.82 Å². The van der Waals surface area contributed by atoms with Crippen molar-refractivity contribution >= 4 is 21.7 Å². The first-order valence-corrected chi connectivity index (χ1v) is 6.69. The molecule has 0 amide bonds. The maximum atomic E-state index is 11.3. The molecule has 2 rings (SSSR count). The summed E-state index contributed by atoms with van der Waals surface area (Å²) in [4.78, 5) is 20.4. The van der Waals surface area contributed by atoms with E-state index >= 15 is 0 Å². The quantitative estimate of drug-likeness (QED) is 0.883. The number of likely N-dealkylation sites (tertiary alicyclic amines) is 1. The zero-order chi connectivity index (χ0) is 12.3. The lowest BCUT2D eigenvalue weighted by Gasteiger charge is -2.24. The van der Waals surface area contributed by atoms with E-state index in [4.69, 9.17) is 0 Å². The van der Waals surface area contributed by atoms with Crippen molar-refractivity contribution in [1.82, 2.24) is 14.9 Å². The molecule has 0 aromatic carbocycles. The minimum absolute atomic E-state index is 0.156. The number of aromatic nitrogens is 2. The number of nitrogens with one attached hydrogen (secondary N) is 2. The van der Waals surface area contributed by atoms with Crippen LogP contribution in [0.2, 0.25) is 0 Å². The Morgan fingerprint density at radius 3 is 3.00 bits per heavy atom. The molecule has 2 heterocycles. The Labute approximate surface area is 109 Å². The van der Waals surface area contributed by atoms with Gasteiger partial charge in [-0.15, -0.1) is 0 Å². The molecule has 17 heavy (non-hydrogen) atoms. The Bertz CT molecular complexity index is 428. The minimum Gasteiger partial charge on any atom is -0.367 e. The molecule has 1 atom stereocenters. The Balaban J connectivity index is 1.93. The summed E-state index contributed by atoms with van der Waals surface area (Å²) >= 11 is 3.23. The van der Waals surface area contributed by atoms with Gasteiger partial charge in [0.2, 0.25) is 0 Å². The van der Waals surface area contributed by atoms with Crippen molar-refractivity contribution in [2.75, 3.05) is 25.0 Å². The molecule has 2 N–H and O–H groups in total. The van der Waals surface area contributed by atoms with Crippen LogP contribution in [0, 0.1) is 0 Å². The molecule has 1 fully saturated rings. The van der Waals surface area contributed by atoms with Crippen LogP contribution in [-0.2, 0) is 0 Å². The van der Waals surface area contributed by atoms with Gasteiger partial charge < -0.3 is 10.3 Å². The maximum absolute atomic E-state index is 11.3. The van der Waals surface area contributed by atoms with Gasteiger partial charge in [0.05, 0.1) is 6.33 Å². The molecular formula is C11H17BrN4O. The Hall–Kier alpha value is -0.880. The van der Waals surface area contributed by atoms with Crippen molar-refractivity contribution in [2.45, 2.75) is 25.8 Å². The average molecular weight is 301 g/mol. The molecule has 94 valence electrons. The standard InChI is InChI=1S/C11H17BrN4O/c1-8(16-4-2-3-5-16)6-13-10-9(12)11(17)15-7-14-10/h7-8H,2-6H2,1H3,(H2,13,14,15,17). The zero-order valence-corrected chi connectivity index (χ0v) is 11.5. The second-order valence-corrected chi connectivity index (χ2v) is 5.16. The van der Waals surface area contributed by atoms with Gasteiger partial charge in [-0.3, -0.25) is 9.69 Å². The number of hydrogen-bond donors (Lipinski definition) is 2. The molecule has 1 aromatic heterocycles. The van der Waals surface area contributed by atoms with Crippen molar-refractivity contribution in [1.29, 1.82) is 0 Å². The summed E-state index contributed by atoms with van der Waals surface area (Å²) in [6, 6.07) is 0.463. The van der Waals surface area contributed by atoms with Gasteiger partial charge in [-0.2, -0.15) is 0 Å². The van der Waals surface area contributed by atoms with Gasteiger partial charge in [0.25, 0.3) is 5.56 Å². The van der Waals surface area contributed by atoms with Gasteiger partial charge in [-0.25, -0.2) is 4.98 Å². The van der Waals surface area contributed by atoms with E-state index in [1.807, 2.05) is 0 Å². The molecule has 0 spiro atoms. The molecule has 1 aliphatic heterocycles. The Morgan fingerprint density at radius 2 is 2.29 bits per heavy atom. The first-order chi connectivity index (χ1) is 8.18. The highest BCUT2D eigenvalue weighted by Gasteiger charge is 2.18. The maximum Gasteiger partial charge on any atom is 0.267 e. The normalized spacial score (nSPS) is 18.2. The number of hydrogen-bond acceptors (Lipinski definition) is 4. The van der Waals surface area contributed by atoms with Gasteiger partial charge >= 0.3 is 0 Å². The number of H-pyrrole nitrogens is 1. The highest BCUT2D eigenvalue weighted by molar-refractivity contribution is 9.10. The van der Waals surface area contributed by atoms with Gasteiger partial charge in [-0.05, 0) is 48.8 Å². The van der Waals surface area contributed by atoms with Gasteiger partial charge in [-0.1, -0.05) is 0 Å². The van der Waals surface area contributed by atoms with Crippen LogP contribution in [0.5, 0.6) is 0 Å². The highest BCUT2D eigenvalue weighted by Crippen LogP contribution is 2.15. The van der Waals surface area contributed by atoms with Gasteiger partial charge in [0.15, 0.2) is 0 Å². The summed E-state index contributed by atoms with van der Waals surface area (Å²) < 4.78 is 0.466. The average Bonchev–Trinajstić information content (AvgIpc) is 2.84. The van der Waals surface area contributed by atoms with E-state index in [2.05, 4.69) is 43.0 Å². The molecule has 0 bridgehead atoms.